The molecule has 0 fully saturated rings. The fraction of sp³-hybridized carbons (Fsp3) is 0.174. The van der Waals surface area contributed by atoms with E-state index in [2.05, 4.69) is 51.9 Å². The van der Waals surface area contributed by atoms with Crippen molar-refractivity contribution < 1.29 is 4.79 Å². The van der Waals surface area contributed by atoms with E-state index in [1.54, 1.807) is 0 Å². The third-order valence-electron chi connectivity index (χ3n) is 4.91. The molecule has 0 spiro atoms. The monoisotopic (exact) mass is 402 g/mol. The van der Waals surface area contributed by atoms with Crippen LogP contribution in [0.4, 0.5) is 5.69 Å². The number of benzene rings is 3. The molecule has 0 aliphatic heterocycles. The number of rotatable bonds is 6. The van der Waals surface area contributed by atoms with Crippen LogP contribution in [0.2, 0.25) is 0 Å². The van der Waals surface area contributed by atoms with Crippen LogP contribution in [0.25, 0.3) is 10.8 Å². The van der Waals surface area contributed by atoms with Crippen molar-refractivity contribution in [2.45, 2.75) is 18.5 Å². The minimum atomic E-state index is -0.0529. The van der Waals surface area contributed by atoms with Crippen LogP contribution >= 0.6 is 11.8 Å². The van der Waals surface area contributed by atoms with Gasteiger partial charge in [0.25, 0.3) is 0 Å². The number of aryl methyl sites for hydroxylation is 1. The zero-order valence-electron chi connectivity index (χ0n) is 16.4. The molecular formula is C23H22N4OS. The Labute approximate surface area is 174 Å². The van der Waals surface area contributed by atoms with Crippen molar-refractivity contribution in [3.8, 4) is 0 Å². The van der Waals surface area contributed by atoms with E-state index < -0.39 is 0 Å². The Bertz CT molecular complexity index is 1160. The topological polar surface area (TPSA) is 59.8 Å². The first kappa shape index (κ1) is 19.2. The number of fused-ring (bicyclic) bond motifs is 1. The molecule has 0 bridgehead atoms. The Balaban J connectivity index is 1.43. The van der Waals surface area contributed by atoms with Gasteiger partial charge in [-0.2, -0.15) is 0 Å². The molecule has 0 unspecified atom stereocenters. The van der Waals surface area contributed by atoms with Gasteiger partial charge in [0.1, 0.15) is 5.82 Å². The largest absolute Gasteiger partial charge is 0.325 e. The Morgan fingerprint density at radius 2 is 1.76 bits per heavy atom. The lowest BCUT2D eigenvalue weighted by molar-refractivity contribution is -0.113. The fourth-order valence-corrected chi connectivity index (χ4v) is 4.00. The van der Waals surface area contributed by atoms with Gasteiger partial charge in [-0.05, 0) is 34.9 Å². The van der Waals surface area contributed by atoms with Gasteiger partial charge in [-0.3, -0.25) is 4.79 Å². The molecule has 29 heavy (non-hydrogen) atoms. The number of nitrogens with one attached hydrogen (secondary N) is 1. The van der Waals surface area contributed by atoms with E-state index in [1.807, 2.05) is 48.9 Å². The maximum atomic E-state index is 12.3. The number of nitrogens with zero attached hydrogens (tertiary/aromatic N) is 3. The summed E-state index contributed by atoms with van der Waals surface area (Å²) in [5.74, 6) is 1.11. The van der Waals surface area contributed by atoms with Gasteiger partial charge < -0.3 is 9.88 Å². The first-order valence-electron chi connectivity index (χ1n) is 9.45. The molecule has 4 aromatic rings. The smallest absolute Gasteiger partial charge is 0.234 e. The molecule has 0 radical (unpaired) electrons. The summed E-state index contributed by atoms with van der Waals surface area (Å²) in [5.41, 5.74) is 3.10. The normalized spacial score (nSPS) is 11.0. The minimum absolute atomic E-state index is 0.0529. The molecule has 0 saturated carbocycles. The molecule has 1 N–H and O–H groups in total. The number of carbonyl (C=O) groups is 1. The van der Waals surface area contributed by atoms with Crippen molar-refractivity contribution in [3.05, 3.63) is 83.7 Å². The van der Waals surface area contributed by atoms with Crippen molar-refractivity contribution in [1.82, 2.24) is 14.8 Å². The number of aromatic nitrogens is 3. The number of carbonyl (C=O) groups excluding carboxylic acids is 1. The molecule has 0 atom stereocenters. The van der Waals surface area contributed by atoms with Gasteiger partial charge >= 0.3 is 0 Å². The zero-order valence-corrected chi connectivity index (χ0v) is 17.2. The summed E-state index contributed by atoms with van der Waals surface area (Å²) < 4.78 is 1.97. The Morgan fingerprint density at radius 1 is 1.00 bits per heavy atom. The highest BCUT2D eigenvalue weighted by atomic mass is 32.2. The molecule has 1 aromatic heterocycles. The van der Waals surface area contributed by atoms with E-state index in [0.29, 0.717) is 6.42 Å². The number of hydrogen-bond donors (Lipinski definition) is 1. The van der Waals surface area contributed by atoms with Crippen LogP contribution in [0.15, 0.2) is 71.9 Å². The Morgan fingerprint density at radius 3 is 2.62 bits per heavy atom. The van der Waals surface area contributed by atoms with Crippen LogP contribution in [0, 0.1) is 6.92 Å². The number of amides is 1. The van der Waals surface area contributed by atoms with Crippen LogP contribution in [0.5, 0.6) is 0 Å². The van der Waals surface area contributed by atoms with Gasteiger partial charge in [-0.25, -0.2) is 0 Å². The average molecular weight is 403 g/mol. The fourth-order valence-electron chi connectivity index (χ4n) is 3.27. The van der Waals surface area contributed by atoms with E-state index in [4.69, 9.17) is 0 Å². The highest BCUT2D eigenvalue weighted by Crippen LogP contribution is 2.23. The molecule has 6 heteroatoms. The molecular weight excluding hydrogens is 380 g/mol. The van der Waals surface area contributed by atoms with E-state index in [9.17, 15) is 4.79 Å². The molecule has 0 saturated heterocycles. The van der Waals surface area contributed by atoms with Gasteiger partial charge in [-0.1, -0.05) is 72.4 Å². The Kier molecular flexibility index (Phi) is 5.62. The zero-order chi connectivity index (χ0) is 20.2. The molecule has 0 aliphatic rings. The van der Waals surface area contributed by atoms with Gasteiger partial charge in [0.2, 0.25) is 5.91 Å². The first-order chi connectivity index (χ1) is 14.1. The Hall–Kier alpha value is -3.12. The summed E-state index contributed by atoms with van der Waals surface area (Å²) >= 11 is 1.39. The SMILES string of the molecule is Cc1ccccc1NC(=O)CSc1nnc(Cc2cccc3ccccc23)n1C. The van der Waals surface area contributed by atoms with Crippen molar-refractivity contribution in [2.24, 2.45) is 7.05 Å². The molecule has 3 aromatic carbocycles. The van der Waals surface area contributed by atoms with Crippen LogP contribution in [0.1, 0.15) is 17.0 Å². The van der Waals surface area contributed by atoms with E-state index >= 15 is 0 Å². The number of para-hydroxylation sites is 1. The lowest BCUT2D eigenvalue weighted by atomic mass is 10.0. The van der Waals surface area contributed by atoms with E-state index in [1.165, 1.54) is 28.1 Å². The predicted octanol–water partition coefficient (Wildman–Crippen LogP) is 4.60. The quantitative estimate of drug-likeness (QED) is 0.479. The van der Waals surface area contributed by atoms with Crippen molar-refractivity contribution in [3.63, 3.8) is 0 Å². The number of hydrogen-bond acceptors (Lipinski definition) is 4. The summed E-state index contributed by atoms with van der Waals surface area (Å²) in [5, 5.41) is 14.8. The van der Waals surface area contributed by atoms with Crippen molar-refractivity contribution in [2.75, 3.05) is 11.1 Å². The van der Waals surface area contributed by atoms with Crippen molar-refractivity contribution >= 4 is 34.1 Å². The molecule has 0 aliphatic carbocycles. The summed E-state index contributed by atoms with van der Waals surface area (Å²) in [4.78, 5) is 12.3. The number of anilines is 1. The number of thioether (sulfide) groups is 1. The molecule has 5 nitrogen and oxygen atoms in total. The maximum absolute atomic E-state index is 12.3. The minimum Gasteiger partial charge on any atom is -0.325 e. The third kappa shape index (κ3) is 4.32. The molecule has 146 valence electrons. The van der Waals surface area contributed by atoms with Crippen LogP contribution < -0.4 is 5.32 Å². The standard InChI is InChI=1S/C23H22N4OS/c1-16-8-3-6-13-20(16)24-22(28)15-29-23-26-25-21(27(23)2)14-18-11-7-10-17-9-4-5-12-19(17)18/h3-13H,14-15H2,1-2H3,(H,24,28). The first-order valence-corrected chi connectivity index (χ1v) is 10.4. The van der Waals surface area contributed by atoms with Gasteiger partial charge in [0, 0.05) is 19.2 Å². The molecule has 1 heterocycles. The predicted molar refractivity (Wildman–Crippen MR) is 118 cm³/mol. The summed E-state index contributed by atoms with van der Waals surface area (Å²) in [6.45, 7) is 1.98. The van der Waals surface area contributed by atoms with E-state index in [0.717, 1.165) is 22.2 Å². The van der Waals surface area contributed by atoms with Gasteiger partial charge in [0.15, 0.2) is 5.16 Å². The lowest BCUT2D eigenvalue weighted by Crippen LogP contribution is -2.15. The summed E-state index contributed by atoms with van der Waals surface area (Å²) in [6.07, 6.45) is 0.695. The van der Waals surface area contributed by atoms with Crippen molar-refractivity contribution in [1.29, 1.82) is 0 Å². The second-order valence-electron chi connectivity index (χ2n) is 6.92. The lowest BCUT2D eigenvalue weighted by Gasteiger charge is -2.08. The van der Waals surface area contributed by atoms with Gasteiger partial charge in [-0.15, -0.1) is 10.2 Å². The second kappa shape index (κ2) is 8.49. The van der Waals surface area contributed by atoms with E-state index in [-0.39, 0.29) is 11.7 Å². The highest BCUT2D eigenvalue weighted by molar-refractivity contribution is 7.99. The highest BCUT2D eigenvalue weighted by Gasteiger charge is 2.13. The summed E-state index contributed by atoms with van der Waals surface area (Å²) in [6, 6.07) is 22.4. The summed E-state index contributed by atoms with van der Waals surface area (Å²) in [7, 11) is 1.95. The molecule has 4 rings (SSSR count). The maximum Gasteiger partial charge on any atom is 0.234 e. The van der Waals surface area contributed by atoms with Crippen LogP contribution in [0.3, 0.4) is 0 Å². The molecule has 1 amide bonds. The van der Waals surface area contributed by atoms with Crippen LogP contribution in [-0.4, -0.2) is 26.4 Å². The average Bonchev–Trinajstić information content (AvgIpc) is 3.08. The van der Waals surface area contributed by atoms with Crippen LogP contribution in [-0.2, 0) is 18.3 Å². The van der Waals surface area contributed by atoms with Gasteiger partial charge in [0.05, 0.1) is 5.75 Å². The third-order valence-corrected chi connectivity index (χ3v) is 5.93. The second-order valence-corrected chi connectivity index (χ2v) is 7.87.